The Morgan fingerprint density at radius 3 is 2.65 bits per heavy atom. The smallest absolute Gasteiger partial charge is 0.258 e. The molecule has 0 radical (unpaired) electrons. The number of carbonyl (C=O) groups is 1. The zero-order chi connectivity index (χ0) is 13.0. The predicted molar refractivity (Wildman–Crippen MR) is 68.1 cm³/mol. The first kappa shape index (κ1) is 13.2. The van der Waals surface area contributed by atoms with Crippen molar-refractivity contribution in [3.63, 3.8) is 0 Å². The summed E-state index contributed by atoms with van der Waals surface area (Å²) < 4.78 is 0. The first-order valence-electron chi connectivity index (χ1n) is 5.05. The summed E-state index contributed by atoms with van der Waals surface area (Å²) in [5, 5.41) is 18.9. The van der Waals surface area contributed by atoms with E-state index in [4.69, 9.17) is 18.0 Å². The summed E-state index contributed by atoms with van der Waals surface area (Å²) in [7, 11) is 0. The number of amides is 1. The molecule has 1 aromatic carbocycles. The molecule has 0 fully saturated rings. The molecule has 1 amide bonds. The molecule has 4 N–H and O–H groups in total. The number of rotatable bonds is 4. The quantitative estimate of drug-likeness (QED) is 0.547. The van der Waals surface area contributed by atoms with Crippen molar-refractivity contribution in [2.45, 2.75) is 6.92 Å². The highest BCUT2D eigenvalue weighted by molar-refractivity contribution is 7.80. The molecule has 0 spiro atoms. The van der Waals surface area contributed by atoms with Crippen molar-refractivity contribution in [2.75, 3.05) is 13.1 Å². The maximum absolute atomic E-state index is 12.0. The van der Waals surface area contributed by atoms with Gasteiger partial charge in [0.1, 0.15) is 11.5 Å². The molecular formula is C11H14N2O3S. The molecule has 0 atom stereocenters. The molecule has 1 rings (SSSR count). The minimum Gasteiger partial charge on any atom is -0.508 e. The summed E-state index contributed by atoms with van der Waals surface area (Å²) in [6, 6.07) is 3.77. The van der Waals surface area contributed by atoms with E-state index in [0.717, 1.165) is 0 Å². The van der Waals surface area contributed by atoms with Crippen LogP contribution in [-0.4, -0.2) is 39.1 Å². The second kappa shape index (κ2) is 5.49. The largest absolute Gasteiger partial charge is 0.508 e. The normalized spacial score (nSPS) is 9.94. The van der Waals surface area contributed by atoms with Gasteiger partial charge in [-0.1, -0.05) is 12.2 Å². The summed E-state index contributed by atoms with van der Waals surface area (Å²) in [5.74, 6) is -0.694. The highest BCUT2D eigenvalue weighted by Gasteiger charge is 2.18. The number of likely N-dealkylation sites (N-methyl/N-ethyl adjacent to an activating group) is 1. The molecule has 0 aromatic heterocycles. The molecule has 92 valence electrons. The van der Waals surface area contributed by atoms with E-state index < -0.39 is 5.91 Å². The second-order valence-corrected chi connectivity index (χ2v) is 4.01. The van der Waals surface area contributed by atoms with Crippen LogP contribution in [0.3, 0.4) is 0 Å². The van der Waals surface area contributed by atoms with Gasteiger partial charge in [0.15, 0.2) is 0 Å². The molecule has 0 unspecified atom stereocenters. The van der Waals surface area contributed by atoms with E-state index in [1.165, 1.54) is 23.1 Å². The highest BCUT2D eigenvalue weighted by atomic mass is 32.1. The van der Waals surface area contributed by atoms with E-state index in [2.05, 4.69) is 0 Å². The van der Waals surface area contributed by atoms with Crippen LogP contribution in [0.4, 0.5) is 0 Å². The molecule has 0 saturated carbocycles. The Kier molecular flexibility index (Phi) is 4.28. The molecule has 0 aliphatic heterocycles. The van der Waals surface area contributed by atoms with E-state index in [1.807, 2.05) is 0 Å². The topological polar surface area (TPSA) is 86.8 Å². The lowest BCUT2D eigenvalue weighted by Crippen LogP contribution is -2.37. The Balaban J connectivity index is 3.01. The predicted octanol–water partition coefficient (Wildman–Crippen LogP) is 0.846. The number of nitrogens with two attached hydrogens (primary N) is 1. The van der Waals surface area contributed by atoms with Gasteiger partial charge in [0.2, 0.25) is 0 Å². The van der Waals surface area contributed by atoms with E-state index in [-0.39, 0.29) is 28.6 Å². The number of hydrogen-bond acceptors (Lipinski definition) is 4. The molecule has 0 aliphatic rings. The Labute approximate surface area is 104 Å². The van der Waals surface area contributed by atoms with E-state index in [1.54, 1.807) is 6.92 Å². The molecule has 0 heterocycles. The van der Waals surface area contributed by atoms with Crippen LogP contribution >= 0.6 is 12.2 Å². The highest BCUT2D eigenvalue weighted by Crippen LogP contribution is 2.23. The average molecular weight is 254 g/mol. The minimum atomic E-state index is -0.422. The maximum Gasteiger partial charge on any atom is 0.258 e. The fourth-order valence-corrected chi connectivity index (χ4v) is 1.54. The molecule has 17 heavy (non-hydrogen) atoms. The van der Waals surface area contributed by atoms with Gasteiger partial charge in [-0.05, 0) is 25.1 Å². The third-order valence-electron chi connectivity index (χ3n) is 2.23. The standard InChI is InChI=1S/C11H14N2O3S/c1-2-13(6-10(12)17)11(16)8-5-7(14)3-4-9(8)15/h3-5,14-15H,2,6H2,1H3,(H2,12,17). The number of carbonyl (C=O) groups excluding carboxylic acids is 1. The van der Waals surface area contributed by atoms with Crippen molar-refractivity contribution in [3.05, 3.63) is 23.8 Å². The summed E-state index contributed by atoms with van der Waals surface area (Å²) in [5.41, 5.74) is 5.41. The van der Waals surface area contributed by atoms with Crippen LogP contribution in [-0.2, 0) is 0 Å². The van der Waals surface area contributed by atoms with E-state index >= 15 is 0 Å². The first-order valence-corrected chi connectivity index (χ1v) is 5.46. The summed E-state index contributed by atoms with van der Waals surface area (Å²) in [6.45, 7) is 2.32. The van der Waals surface area contributed by atoms with Crippen LogP contribution < -0.4 is 5.73 Å². The van der Waals surface area contributed by atoms with Gasteiger partial charge in [-0.2, -0.15) is 0 Å². The lowest BCUT2D eigenvalue weighted by Gasteiger charge is -2.20. The fraction of sp³-hybridized carbons (Fsp3) is 0.273. The van der Waals surface area contributed by atoms with Gasteiger partial charge in [-0.3, -0.25) is 4.79 Å². The first-order chi connectivity index (χ1) is 7.95. The van der Waals surface area contributed by atoms with Crippen LogP contribution in [0.25, 0.3) is 0 Å². The second-order valence-electron chi connectivity index (χ2n) is 3.49. The summed E-state index contributed by atoms with van der Waals surface area (Å²) in [6.07, 6.45) is 0. The van der Waals surface area contributed by atoms with Crippen molar-refractivity contribution in [3.8, 4) is 11.5 Å². The minimum absolute atomic E-state index is 0.0306. The molecular weight excluding hydrogens is 240 g/mol. The van der Waals surface area contributed by atoms with Gasteiger partial charge >= 0.3 is 0 Å². The van der Waals surface area contributed by atoms with Crippen LogP contribution in [0.1, 0.15) is 17.3 Å². The van der Waals surface area contributed by atoms with Crippen molar-refractivity contribution >= 4 is 23.1 Å². The SMILES string of the molecule is CCN(CC(N)=S)C(=O)c1cc(O)ccc1O. The molecule has 0 aliphatic carbocycles. The third kappa shape index (κ3) is 3.32. The zero-order valence-electron chi connectivity index (χ0n) is 9.38. The monoisotopic (exact) mass is 254 g/mol. The number of phenolic OH excluding ortho intramolecular Hbond substituents is 2. The summed E-state index contributed by atoms with van der Waals surface area (Å²) >= 11 is 4.74. The Morgan fingerprint density at radius 2 is 2.12 bits per heavy atom. The number of thiocarbonyl (C=S) groups is 1. The fourth-order valence-electron chi connectivity index (χ4n) is 1.38. The third-order valence-corrected chi connectivity index (χ3v) is 2.36. The number of benzene rings is 1. The molecule has 1 aromatic rings. The molecule has 0 bridgehead atoms. The van der Waals surface area contributed by atoms with Crippen molar-refractivity contribution in [1.29, 1.82) is 0 Å². The van der Waals surface area contributed by atoms with E-state index in [9.17, 15) is 15.0 Å². The molecule has 0 saturated heterocycles. The van der Waals surface area contributed by atoms with Crippen molar-refractivity contribution < 1.29 is 15.0 Å². The Morgan fingerprint density at radius 1 is 1.47 bits per heavy atom. The van der Waals surface area contributed by atoms with Gasteiger partial charge in [0.05, 0.1) is 17.1 Å². The van der Waals surface area contributed by atoms with E-state index in [0.29, 0.717) is 6.54 Å². The van der Waals surface area contributed by atoms with Gasteiger partial charge in [0, 0.05) is 6.54 Å². The lowest BCUT2D eigenvalue weighted by molar-refractivity contribution is 0.0784. The van der Waals surface area contributed by atoms with Crippen LogP contribution in [0.15, 0.2) is 18.2 Å². The number of phenols is 2. The van der Waals surface area contributed by atoms with Gasteiger partial charge in [-0.15, -0.1) is 0 Å². The summed E-state index contributed by atoms with van der Waals surface area (Å²) in [4.78, 5) is 13.6. The van der Waals surface area contributed by atoms with Crippen molar-refractivity contribution in [2.24, 2.45) is 5.73 Å². The van der Waals surface area contributed by atoms with Crippen LogP contribution in [0, 0.1) is 0 Å². The Bertz CT molecular complexity index is 448. The number of hydrogen-bond donors (Lipinski definition) is 3. The van der Waals surface area contributed by atoms with Gasteiger partial charge in [0.25, 0.3) is 5.91 Å². The van der Waals surface area contributed by atoms with Gasteiger partial charge in [-0.25, -0.2) is 0 Å². The van der Waals surface area contributed by atoms with Crippen LogP contribution in [0.2, 0.25) is 0 Å². The lowest BCUT2D eigenvalue weighted by atomic mass is 10.1. The van der Waals surface area contributed by atoms with Crippen LogP contribution in [0.5, 0.6) is 11.5 Å². The van der Waals surface area contributed by atoms with Crippen molar-refractivity contribution in [1.82, 2.24) is 4.90 Å². The maximum atomic E-state index is 12.0. The zero-order valence-corrected chi connectivity index (χ0v) is 10.2. The average Bonchev–Trinajstić information content (AvgIpc) is 2.28. The molecule has 6 heteroatoms. The van der Waals surface area contributed by atoms with Gasteiger partial charge < -0.3 is 20.8 Å². The number of nitrogens with zero attached hydrogens (tertiary/aromatic N) is 1. The molecule has 5 nitrogen and oxygen atoms in total. The number of aromatic hydroxyl groups is 2. The Hall–Kier alpha value is -1.82.